The number of hydrogen-bond acceptors (Lipinski definition) is 4. The minimum atomic E-state index is -0.667. The van der Waals surface area contributed by atoms with Gasteiger partial charge in [0, 0.05) is 12.8 Å². The third-order valence-electron chi connectivity index (χ3n) is 3.58. The Bertz CT molecular complexity index is 415. The molecule has 18 heavy (non-hydrogen) atoms. The van der Waals surface area contributed by atoms with E-state index in [1.54, 1.807) is 6.26 Å². The summed E-state index contributed by atoms with van der Waals surface area (Å²) in [4.78, 5) is 23.1. The molecule has 0 saturated carbocycles. The SMILES string of the molecule is CC(C)C1(CCc2ccco2)CC(=O)CC(=O)O1. The molecule has 1 atom stereocenters. The largest absolute Gasteiger partial charge is 0.469 e. The van der Waals surface area contributed by atoms with Gasteiger partial charge in [0.2, 0.25) is 0 Å². The topological polar surface area (TPSA) is 56.5 Å². The van der Waals surface area contributed by atoms with E-state index in [-0.39, 0.29) is 18.1 Å². The second kappa shape index (κ2) is 4.96. The van der Waals surface area contributed by atoms with Gasteiger partial charge in [0.15, 0.2) is 0 Å². The summed E-state index contributed by atoms with van der Waals surface area (Å²) in [6.45, 7) is 3.96. The van der Waals surface area contributed by atoms with Gasteiger partial charge in [-0.2, -0.15) is 0 Å². The van der Waals surface area contributed by atoms with Crippen molar-refractivity contribution in [3.63, 3.8) is 0 Å². The average molecular weight is 250 g/mol. The Kier molecular flexibility index (Phi) is 3.55. The summed E-state index contributed by atoms with van der Waals surface area (Å²) in [5.41, 5.74) is -0.667. The highest BCUT2D eigenvalue weighted by Gasteiger charge is 2.43. The highest BCUT2D eigenvalue weighted by atomic mass is 16.6. The number of rotatable bonds is 4. The first kappa shape index (κ1) is 12.9. The van der Waals surface area contributed by atoms with Gasteiger partial charge in [-0.15, -0.1) is 0 Å². The van der Waals surface area contributed by atoms with Crippen molar-refractivity contribution in [3.05, 3.63) is 24.2 Å². The van der Waals surface area contributed by atoms with Crippen molar-refractivity contribution in [1.82, 2.24) is 0 Å². The second-order valence-corrected chi connectivity index (χ2v) is 5.17. The third kappa shape index (κ3) is 2.63. The van der Waals surface area contributed by atoms with Crippen LogP contribution in [0.15, 0.2) is 22.8 Å². The van der Waals surface area contributed by atoms with Crippen molar-refractivity contribution in [2.24, 2.45) is 5.92 Å². The first-order chi connectivity index (χ1) is 8.52. The maximum absolute atomic E-state index is 11.6. The minimum absolute atomic E-state index is 0.0283. The highest BCUT2D eigenvalue weighted by Crippen LogP contribution is 2.35. The van der Waals surface area contributed by atoms with E-state index < -0.39 is 11.6 Å². The van der Waals surface area contributed by atoms with Crippen LogP contribution in [-0.2, 0) is 20.7 Å². The van der Waals surface area contributed by atoms with E-state index >= 15 is 0 Å². The summed E-state index contributed by atoms with van der Waals surface area (Å²) >= 11 is 0. The van der Waals surface area contributed by atoms with Gasteiger partial charge in [-0.05, 0) is 24.5 Å². The molecule has 98 valence electrons. The standard InChI is InChI=1S/C14H18O4/c1-10(2)14(6-5-12-4-3-7-17-12)9-11(15)8-13(16)18-14/h3-4,7,10H,5-6,8-9H2,1-2H3. The molecule has 4 nitrogen and oxygen atoms in total. The number of carbonyl (C=O) groups is 2. The molecular weight excluding hydrogens is 232 g/mol. The lowest BCUT2D eigenvalue weighted by atomic mass is 9.79. The lowest BCUT2D eigenvalue weighted by Gasteiger charge is -2.39. The fraction of sp³-hybridized carbons (Fsp3) is 0.571. The van der Waals surface area contributed by atoms with Crippen LogP contribution in [0, 0.1) is 5.92 Å². The molecule has 1 unspecified atom stereocenters. The van der Waals surface area contributed by atoms with E-state index in [4.69, 9.17) is 9.15 Å². The van der Waals surface area contributed by atoms with E-state index in [9.17, 15) is 9.59 Å². The average Bonchev–Trinajstić information content (AvgIpc) is 2.77. The molecule has 0 bridgehead atoms. The summed E-state index contributed by atoms with van der Waals surface area (Å²) < 4.78 is 10.8. The van der Waals surface area contributed by atoms with Crippen molar-refractivity contribution in [2.75, 3.05) is 0 Å². The molecule has 2 heterocycles. The van der Waals surface area contributed by atoms with Crippen LogP contribution in [0.2, 0.25) is 0 Å². The molecule has 0 N–H and O–H groups in total. The molecule has 0 aromatic carbocycles. The molecular formula is C14H18O4. The zero-order valence-corrected chi connectivity index (χ0v) is 10.8. The van der Waals surface area contributed by atoms with Crippen molar-refractivity contribution in [2.45, 2.75) is 45.1 Å². The van der Waals surface area contributed by atoms with E-state index in [1.165, 1.54) is 0 Å². The van der Waals surface area contributed by atoms with Gasteiger partial charge in [-0.25, -0.2) is 0 Å². The van der Waals surface area contributed by atoms with E-state index in [2.05, 4.69) is 0 Å². The van der Waals surface area contributed by atoms with Crippen molar-refractivity contribution in [1.29, 1.82) is 0 Å². The predicted octanol–water partition coefficient (Wildman–Crippen LogP) is 2.51. The molecule has 1 aliphatic heterocycles. The third-order valence-corrected chi connectivity index (χ3v) is 3.58. The van der Waals surface area contributed by atoms with Gasteiger partial charge in [0.05, 0.1) is 6.26 Å². The molecule has 1 aromatic rings. The highest BCUT2D eigenvalue weighted by molar-refractivity contribution is 5.98. The second-order valence-electron chi connectivity index (χ2n) is 5.17. The van der Waals surface area contributed by atoms with Crippen molar-refractivity contribution in [3.8, 4) is 0 Å². The maximum atomic E-state index is 11.6. The Balaban J connectivity index is 2.11. The van der Waals surface area contributed by atoms with E-state index in [1.807, 2.05) is 26.0 Å². The van der Waals surface area contributed by atoms with Gasteiger partial charge >= 0.3 is 5.97 Å². The fourth-order valence-corrected chi connectivity index (χ4v) is 2.40. The first-order valence-corrected chi connectivity index (χ1v) is 6.28. The van der Waals surface area contributed by atoms with E-state index in [0.29, 0.717) is 19.3 Å². The van der Waals surface area contributed by atoms with Crippen LogP contribution in [0.25, 0.3) is 0 Å². The smallest absolute Gasteiger partial charge is 0.313 e. The number of hydrogen-bond donors (Lipinski definition) is 0. The quantitative estimate of drug-likeness (QED) is 0.608. The fourth-order valence-electron chi connectivity index (χ4n) is 2.40. The normalized spacial score (nSPS) is 24.4. The van der Waals surface area contributed by atoms with Gasteiger partial charge in [-0.3, -0.25) is 9.59 Å². The Morgan fingerprint density at radius 2 is 2.17 bits per heavy atom. The number of furan rings is 1. The minimum Gasteiger partial charge on any atom is -0.469 e. The van der Waals surface area contributed by atoms with Crippen LogP contribution in [0.1, 0.15) is 38.9 Å². The Labute approximate surface area is 106 Å². The lowest BCUT2D eigenvalue weighted by molar-refractivity contribution is -0.177. The summed E-state index contributed by atoms with van der Waals surface area (Å²) in [6, 6.07) is 3.72. The van der Waals surface area contributed by atoms with Crippen molar-refractivity contribution < 1.29 is 18.7 Å². The van der Waals surface area contributed by atoms with Crippen LogP contribution in [0.5, 0.6) is 0 Å². The molecule has 0 radical (unpaired) electrons. The molecule has 2 rings (SSSR count). The number of esters is 1. The Morgan fingerprint density at radius 1 is 1.39 bits per heavy atom. The zero-order valence-electron chi connectivity index (χ0n) is 10.8. The number of cyclic esters (lactones) is 1. The monoisotopic (exact) mass is 250 g/mol. The molecule has 0 spiro atoms. The van der Waals surface area contributed by atoms with Gasteiger partial charge < -0.3 is 9.15 Å². The molecule has 1 aromatic heterocycles. The van der Waals surface area contributed by atoms with Crippen molar-refractivity contribution >= 4 is 11.8 Å². The molecule has 0 amide bonds. The van der Waals surface area contributed by atoms with Crippen LogP contribution < -0.4 is 0 Å². The number of ether oxygens (including phenoxy) is 1. The number of aryl methyl sites for hydroxylation is 1. The number of ketones is 1. The molecule has 1 fully saturated rings. The lowest BCUT2D eigenvalue weighted by Crippen LogP contribution is -2.47. The summed E-state index contributed by atoms with van der Waals surface area (Å²) in [6.07, 6.45) is 3.14. The number of carbonyl (C=O) groups excluding carboxylic acids is 2. The van der Waals surface area contributed by atoms with Gasteiger partial charge in [0.1, 0.15) is 23.6 Å². The first-order valence-electron chi connectivity index (χ1n) is 6.28. The van der Waals surface area contributed by atoms with Crippen LogP contribution >= 0.6 is 0 Å². The molecule has 1 saturated heterocycles. The Hall–Kier alpha value is -1.58. The molecule has 0 aliphatic carbocycles. The van der Waals surface area contributed by atoms with E-state index in [0.717, 1.165) is 5.76 Å². The molecule has 1 aliphatic rings. The van der Waals surface area contributed by atoms with Crippen LogP contribution in [-0.4, -0.2) is 17.4 Å². The Morgan fingerprint density at radius 3 is 2.72 bits per heavy atom. The summed E-state index contributed by atoms with van der Waals surface area (Å²) in [7, 11) is 0. The summed E-state index contributed by atoms with van der Waals surface area (Å²) in [5, 5.41) is 0. The maximum Gasteiger partial charge on any atom is 0.313 e. The van der Waals surface area contributed by atoms with Gasteiger partial charge in [0.25, 0.3) is 0 Å². The molecule has 4 heteroatoms. The zero-order chi connectivity index (χ0) is 13.2. The van der Waals surface area contributed by atoms with Crippen LogP contribution in [0.4, 0.5) is 0 Å². The number of Topliss-reactive ketones (excluding diaryl/α,β-unsaturated/α-hetero) is 1. The van der Waals surface area contributed by atoms with Crippen LogP contribution in [0.3, 0.4) is 0 Å². The predicted molar refractivity (Wildman–Crippen MR) is 64.9 cm³/mol. The van der Waals surface area contributed by atoms with Gasteiger partial charge in [-0.1, -0.05) is 13.8 Å². The summed E-state index contributed by atoms with van der Waals surface area (Å²) in [5.74, 6) is 0.531.